The molecule has 1 fully saturated rings. The van der Waals surface area contributed by atoms with E-state index < -0.39 is 0 Å². The molecule has 0 spiro atoms. The first kappa shape index (κ1) is 16.2. The van der Waals surface area contributed by atoms with Crippen molar-refractivity contribution in [2.45, 2.75) is 6.42 Å². The summed E-state index contributed by atoms with van der Waals surface area (Å²) in [6.07, 6.45) is 2.15. The van der Waals surface area contributed by atoms with Crippen molar-refractivity contribution in [2.24, 2.45) is 0 Å². The fraction of sp³-hybridized carbons (Fsp3) is 0.278. The van der Waals surface area contributed by atoms with Crippen LogP contribution in [0.15, 0.2) is 41.3 Å². The highest BCUT2D eigenvalue weighted by Gasteiger charge is 2.25. The first-order chi connectivity index (χ1) is 12.6. The van der Waals surface area contributed by atoms with E-state index in [4.69, 9.17) is 0 Å². The number of aromatic nitrogens is 3. The molecule has 1 aliphatic rings. The van der Waals surface area contributed by atoms with Crippen LogP contribution in [0, 0.1) is 0 Å². The molecule has 2 amide bonds. The molecule has 134 valence electrons. The number of nitrogens with zero attached hydrogens (tertiary/aromatic N) is 2. The van der Waals surface area contributed by atoms with Crippen LogP contribution in [0.25, 0.3) is 11.0 Å². The Labute approximate surface area is 148 Å². The van der Waals surface area contributed by atoms with Crippen molar-refractivity contribution in [2.75, 3.05) is 26.2 Å². The van der Waals surface area contributed by atoms with E-state index in [0.717, 1.165) is 5.69 Å². The lowest BCUT2D eigenvalue weighted by Gasteiger charge is -2.34. The third-order valence-corrected chi connectivity index (χ3v) is 4.69. The smallest absolute Gasteiger partial charge is 0.323 e. The topological polar surface area (TPSA) is 105 Å². The van der Waals surface area contributed by atoms with Crippen LogP contribution in [-0.4, -0.2) is 62.7 Å². The van der Waals surface area contributed by atoms with Gasteiger partial charge in [-0.25, -0.2) is 4.79 Å². The standard InChI is InChI=1S/C18H19N5O3/c24-16(11-13-2-1-5-19-13)22-6-8-23(9-7-22)17(25)12-3-4-14-15(10-12)21-18(26)20-14/h1-5,10,19H,6-9,11H2,(H2,20,21,26). The number of imidazole rings is 1. The van der Waals surface area contributed by atoms with Crippen molar-refractivity contribution in [1.29, 1.82) is 0 Å². The number of carbonyl (C=O) groups is 2. The summed E-state index contributed by atoms with van der Waals surface area (Å²) >= 11 is 0. The first-order valence-corrected chi connectivity index (χ1v) is 8.51. The molecule has 8 nitrogen and oxygen atoms in total. The summed E-state index contributed by atoms with van der Waals surface area (Å²) in [6.45, 7) is 2.04. The average Bonchev–Trinajstić information content (AvgIpc) is 3.28. The van der Waals surface area contributed by atoms with Crippen LogP contribution in [0.3, 0.4) is 0 Å². The number of hydrogen-bond donors (Lipinski definition) is 3. The maximum atomic E-state index is 12.7. The monoisotopic (exact) mass is 353 g/mol. The number of benzene rings is 1. The second kappa shape index (κ2) is 6.55. The number of amides is 2. The van der Waals surface area contributed by atoms with Crippen LogP contribution < -0.4 is 5.69 Å². The summed E-state index contributed by atoms with van der Waals surface area (Å²) in [5.41, 5.74) is 2.41. The van der Waals surface area contributed by atoms with E-state index in [0.29, 0.717) is 49.2 Å². The van der Waals surface area contributed by atoms with Crippen molar-refractivity contribution in [1.82, 2.24) is 24.8 Å². The summed E-state index contributed by atoms with van der Waals surface area (Å²) in [5, 5.41) is 0. The largest absolute Gasteiger partial charge is 0.365 e. The van der Waals surface area contributed by atoms with Gasteiger partial charge >= 0.3 is 5.69 Å². The summed E-state index contributed by atoms with van der Waals surface area (Å²) in [5.74, 6) is -0.0312. The summed E-state index contributed by atoms with van der Waals surface area (Å²) in [7, 11) is 0. The number of rotatable bonds is 3. The van der Waals surface area contributed by atoms with Crippen LogP contribution in [0.4, 0.5) is 0 Å². The molecule has 0 radical (unpaired) electrons. The lowest BCUT2D eigenvalue weighted by molar-refractivity contribution is -0.132. The van der Waals surface area contributed by atoms with Crippen LogP contribution >= 0.6 is 0 Å². The van der Waals surface area contributed by atoms with E-state index in [1.165, 1.54) is 0 Å². The molecule has 2 aromatic heterocycles. The van der Waals surface area contributed by atoms with Gasteiger partial charge < -0.3 is 24.8 Å². The molecule has 0 atom stereocenters. The molecule has 1 aromatic carbocycles. The Morgan fingerprint density at radius 3 is 2.42 bits per heavy atom. The predicted molar refractivity (Wildman–Crippen MR) is 95.9 cm³/mol. The Hall–Kier alpha value is -3.29. The molecule has 4 rings (SSSR count). The van der Waals surface area contributed by atoms with Gasteiger partial charge in [0.15, 0.2) is 0 Å². The molecule has 0 aliphatic carbocycles. The van der Waals surface area contributed by atoms with Crippen LogP contribution in [0.5, 0.6) is 0 Å². The van der Waals surface area contributed by atoms with E-state index in [1.807, 2.05) is 12.1 Å². The van der Waals surface area contributed by atoms with Gasteiger partial charge in [0.05, 0.1) is 17.5 Å². The zero-order valence-corrected chi connectivity index (χ0v) is 14.1. The van der Waals surface area contributed by atoms with E-state index in [9.17, 15) is 14.4 Å². The molecule has 3 aromatic rings. The Balaban J connectivity index is 1.39. The van der Waals surface area contributed by atoms with Gasteiger partial charge in [-0.1, -0.05) is 0 Å². The average molecular weight is 353 g/mol. The van der Waals surface area contributed by atoms with Crippen LogP contribution in [-0.2, 0) is 11.2 Å². The molecule has 0 saturated carbocycles. The molecule has 0 unspecified atom stereocenters. The van der Waals surface area contributed by atoms with E-state index >= 15 is 0 Å². The molecule has 3 heterocycles. The van der Waals surface area contributed by atoms with Gasteiger partial charge in [-0.3, -0.25) is 9.59 Å². The molecule has 1 aliphatic heterocycles. The van der Waals surface area contributed by atoms with Gasteiger partial charge in [0.1, 0.15) is 0 Å². The molecule has 0 bridgehead atoms. The number of fused-ring (bicyclic) bond motifs is 1. The Kier molecular flexibility index (Phi) is 4.08. The highest BCUT2D eigenvalue weighted by molar-refractivity contribution is 5.97. The molecule has 3 N–H and O–H groups in total. The second-order valence-electron chi connectivity index (χ2n) is 6.38. The van der Waals surface area contributed by atoms with Gasteiger partial charge in [-0.15, -0.1) is 0 Å². The molecule has 26 heavy (non-hydrogen) atoms. The number of H-pyrrole nitrogens is 3. The van der Waals surface area contributed by atoms with Crippen LogP contribution in [0.2, 0.25) is 0 Å². The minimum atomic E-state index is -0.293. The normalized spacial score (nSPS) is 14.8. The summed E-state index contributed by atoms with van der Waals surface area (Å²) in [4.78, 5) is 48.2. The van der Waals surface area contributed by atoms with E-state index in [1.54, 1.807) is 34.2 Å². The zero-order chi connectivity index (χ0) is 18.1. The Morgan fingerprint density at radius 1 is 0.962 bits per heavy atom. The van der Waals surface area contributed by atoms with Gasteiger partial charge in [-0.2, -0.15) is 0 Å². The van der Waals surface area contributed by atoms with Crippen LogP contribution in [0.1, 0.15) is 16.1 Å². The van der Waals surface area contributed by atoms with Crippen molar-refractivity contribution >= 4 is 22.8 Å². The van der Waals surface area contributed by atoms with Crippen molar-refractivity contribution < 1.29 is 9.59 Å². The SMILES string of the molecule is O=C(Cc1ccc[nH]1)N1CCN(C(=O)c2ccc3[nH]c(=O)[nH]c3c2)CC1. The number of piperazine rings is 1. The number of nitrogens with one attached hydrogen (secondary N) is 3. The Bertz CT molecular complexity index is 993. The molecule has 1 saturated heterocycles. The molecule has 8 heteroatoms. The molecular weight excluding hydrogens is 334 g/mol. The number of aromatic amines is 3. The van der Waals surface area contributed by atoms with E-state index in [-0.39, 0.29) is 17.5 Å². The Morgan fingerprint density at radius 2 is 1.69 bits per heavy atom. The summed E-state index contributed by atoms with van der Waals surface area (Å²) in [6, 6.07) is 8.86. The quantitative estimate of drug-likeness (QED) is 0.646. The van der Waals surface area contributed by atoms with Crippen molar-refractivity contribution in [3.63, 3.8) is 0 Å². The van der Waals surface area contributed by atoms with Crippen molar-refractivity contribution in [3.8, 4) is 0 Å². The predicted octanol–water partition coefficient (Wildman–Crippen LogP) is 0.711. The van der Waals surface area contributed by atoms with Gasteiger partial charge in [0, 0.05) is 43.6 Å². The second-order valence-corrected chi connectivity index (χ2v) is 6.38. The van der Waals surface area contributed by atoms with Gasteiger partial charge in [-0.05, 0) is 30.3 Å². The fourth-order valence-corrected chi connectivity index (χ4v) is 3.26. The maximum Gasteiger partial charge on any atom is 0.323 e. The minimum absolute atomic E-state index is 0.0610. The third-order valence-electron chi connectivity index (χ3n) is 4.69. The zero-order valence-electron chi connectivity index (χ0n) is 14.1. The summed E-state index contributed by atoms with van der Waals surface area (Å²) < 4.78 is 0. The lowest BCUT2D eigenvalue weighted by atomic mass is 10.1. The number of hydrogen-bond acceptors (Lipinski definition) is 3. The minimum Gasteiger partial charge on any atom is -0.365 e. The highest BCUT2D eigenvalue weighted by atomic mass is 16.2. The fourth-order valence-electron chi connectivity index (χ4n) is 3.26. The van der Waals surface area contributed by atoms with E-state index in [2.05, 4.69) is 15.0 Å². The highest BCUT2D eigenvalue weighted by Crippen LogP contribution is 2.14. The van der Waals surface area contributed by atoms with Gasteiger partial charge in [0.2, 0.25) is 5.91 Å². The lowest BCUT2D eigenvalue weighted by Crippen LogP contribution is -2.51. The maximum absolute atomic E-state index is 12.7. The van der Waals surface area contributed by atoms with Crippen molar-refractivity contribution in [3.05, 3.63) is 58.3 Å². The molecular formula is C18H19N5O3. The number of carbonyl (C=O) groups excluding carboxylic acids is 2. The third kappa shape index (κ3) is 3.13. The van der Waals surface area contributed by atoms with Gasteiger partial charge in [0.25, 0.3) is 5.91 Å². The first-order valence-electron chi connectivity index (χ1n) is 8.51.